The summed E-state index contributed by atoms with van der Waals surface area (Å²) < 4.78 is 47.0. The molecule has 0 N–H and O–H groups in total. The van der Waals surface area contributed by atoms with Gasteiger partial charge in [-0.15, -0.1) is 0 Å². The number of halogens is 3. The zero-order valence-electron chi connectivity index (χ0n) is 19.7. The number of pyridine rings is 1. The lowest BCUT2D eigenvalue weighted by atomic mass is 9.91. The predicted octanol–water partition coefficient (Wildman–Crippen LogP) is 9.61. The molecular formula is C31H22F3NO. The summed E-state index contributed by atoms with van der Waals surface area (Å²) >= 11 is 0. The van der Waals surface area contributed by atoms with Crippen molar-refractivity contribution in [2.45, 2.75) is 25.9 Å². The van der Waals surface area contributed by atoms with Gasteiger partial charge in [-0.2, -0.15) is 13.2 Å². The van der Waals surface area contributed by atoms with Crippen LogP contribution in [0, 0.1) is 0 Å². The highest BCUT2D eigenvalue weighted by Gasteiger charge is 2.33. The fourth-order valence-corrected chi connectivity index (χ4v) is 5.04. The van der Waals surface area contributed by atoms with Gasteiger partial charge in [-0.25, -0.2) is 0 Å². The van der Waals surface area contributed by atoms with Crippen molar-refractivity contribution in [3.05, 3.63) is 102 Å². The van der Waals surface area contributed by atoms with Gasteiger partial charge in [0.15, 0.2) is 0 Å². The van der Waals surface area contributed by atoms with Crippen molar-refractivity contribution in [2.75, 3.05) is 0 Å². The summed E-state index contributed by atoms with van der Waals surface area (Å²) in [5.41, 5.74) is 4.10. The number of hydrogen-bond acceptors (Lipinski definition) is 2. The molecule has 0 aliphatic heterocycles. The van der Waals surface area contributed by atoms with Crippen LogP contribution in [-0.4, -0.2) is 4.98 Å². The van der Waals surface area contributed by atoms with Gasteiger partial charge >= 0.3 is 6.18 Å². The van der Waals surface area contributed by atoms with Crippen LogP contribution >= 0.6 is 0 Å². The first-order valence-corrected chi connectivity index (χ1v) is 11.8. The van der Waals surface area contributed by atoms with E-state index in [1.54, 1.807) is 30.5 Å². The fraction of sp³-hybridized carbons (Fsp3) is 0.129. The van der Waals surface area contributed by atoms with Crippen LogP contribution in [0.2, 0.25) is 0 Å². The average Bonchev–Trinajstić information content (AvgIpc) is 3.25. The van der Waals surface area contributed by atoms with Gasteiger partial charge in [-0.05, 0) is 69.8 Å². The van der Waals surface area contributed by atoms with Gasteiger partial charge in [0.25, 0.3) is 0 Å². The van der Waals surface area contributed by atoms with E-state index in [4.69, 9.17) is 9.40 Å². The van der Waals surface area contributed by atoms with E-state index in [1.807, 2.05) is 18.2 Å². The van der Waals surface area contributed by atoms with E-state index >= 15 is 0 Å². The normalized spacial score (nSPS) is 12.3. The van der Waals surface area contributed by atoms with Crippen LogP contribution in [0.5, 0.6) is 0 Å². The van der Waals surface area contributed by atoms with Crippen molar-refractivity contribution in [2.24, 2.45) is 0 Å². The second-order valence-corrected chi connectivity index (χ2v) is 9.33. The maximum atomic E-state index is 13.6. The second-order valence-electron chi connectivity index (χ2n) is 9.33. The molecule has 0 bridgehead atoms. The van der Waals surface area contributed by atoms with Gasteiger partial charge < -0.3 is 4.42 Å². The van der Waals surface area contributed by atoms with Crippen molar-refractivity contribution in [1.82, 2.24) is 4.98 Å². The van der Waals surface area contributed by atoms with Crippen molar-refractivity contribution in [3.63, 3.8) is 0 Å². The topological polar surface area (TPSA) is 26.0 Å². The SMILES string of the molecule is CC(C)c1cc(-c2nccc3oc4cc(-c5ccccc5C(F)(F)F)ccc4c23)cc2ccccc12. The van der Waals surface area contributed by atoms with E-state index < -0.39 is 11.7 Å². The van der Waals surface area contributed by atoms with Crippen LogP contribution in [0.15, 0.2) is 95.5 Å². The summed E-state index contributed by atoms with van der Waals surface area (Å²) in [6.45, 7) is 4.35. The molecule has 178 valence electrons. The Morgan fingerprint density at radius 2 is 1.53 bits per heavy atom. The first-order valence-electron chi connectivity index (χ1n) is 11.8. The van der Waals surface area contributed by atoms with Crippen molar-refractivity contribution in [1.29, 1.82) is 0 Å². The van der Waals surface area contributed by atoms with Gasteiger partial charge in [0.2, 0.25) is 0 Å². The molecule has 0 radical (unpaired) electrons. The summed E-state index contributed by atoms with van der Waals surface area (Å²) in [7, 11) is 0. The number of nitrogens with zero attached hydrogens (tertiary/aromatic N) is 1. The lowest BCUT2D eigenvalue weighted by Gasteiger charge is -2.13. The number of furan rings is 1. The molecule has 0 unspecified atom stereocenters. The molecule has 6 rings (SSSR count). The van der Waals surface area contributed by atoms with Crippen molar-refractivity contribution in [3.8, 4) is 22.4 Å². The zero-order chi connectivity index (χ0) is 25.0. The first-order chi connectivity index (χ1) is 17.3. The molecule has 6 aromatic rings. The van der Waals surface area contributed by atoms with Gasteiger partial charge in [0.1, 0.15) is 11.2 Å². The molecule has 0 spiro atoms. The Morgan fingerprint density at radius 1 is 0.750 bits per heavy atom. The van der Waals surface area contributed by atoms with E-state index in [-0.39, 0.29) is 5.56 Å². The number of benzene rings is 4. The number of hydrogen-bond donors (Lipinski definition) is 0. The van der Waals surface area contributed by atoms with Crippen LogP contribution in [0.1, 0.15) is 30.9 Å². The zero-order valence-corrected chi connectivity index (χ0v) is 19.7. The monoisotopic (exact) mass is 481 g/mol. The maximum Gasteiger partial charge on any atom is 0.417 e. The average molecular weight is 482 g/mol. The molecule has 2 nitrogen and oxygen atoms in total. The summed E-state index contributed by atoms with van der Waals surface area (Å²) in [5, 5.41) is 4.03. The molecule has 36 heavy (non-hydrogen) atoms. The molecule has 5 heteroatoms. The Balaban J connectivity index is 1.58. The Kier molecular flexibility index (Phi) is 5.11. The summed E-state index contributed by atoms with van der Waals surface area (Å²) in [4.78, 5) is 4.72. The summed E-state index contributed by atoms with van der Waals surface area (Å²) in [6, 6.07) is 25.3. The molecule has 0 saturated carbocycles. The Labute approximate surface area is 206 Å². The molecule has 0 aliphatic rings. The van der Waals surface area contributed by atoms with Crippen LogP contribution in [0.4, 0.5) is 13.2 Å². The molecule has 2 heterocycles. The summed E-state index contributed by atoms with van der Waals surface area (Å²) in [5.74, 6) is 0.325. The number of alkyl halides is 3. The van der Waals surface area contributed by atoms with Crippen LogP contribution in [-0.2, 0) is 6.18 Å². The van der Waals surface area contributed by atoms with E-state index in [1.165, 1.54) is 23.1 Å². The summed E-state index contributed by atoms with van der Waals surface area (Å²) in [6.07, 6.45) is -2.73. The molecule has 2 aromatic heterocycles. The Morgan fingerprint density at radius 3 is 2.33 bits per heavy atom. The van der Waals surface area contributed by atoms with E-state index in [0.717, 1.165) is 33.5 Å². The standard InChI is InChI=1S/C31H22F3NO/c1-18(2)25-16-21(15-19-7-3-4-8-22(19)25)30-29-24-12-11-20(17-28(24)36-27(29)13-14-35-30)23-9-5-6-10-26(23)31(32,33)34/h3-18H,1-2H3. The molecule has 4 aromatic carbocycles. The van der Waals surface area contributed by atoms with Crippen molar-refractivity contribution >= 4 is 32.7 Å². The van der Waals surface area contributed by atoms with Gasteiger partial charge in [0, 0.05) is 17.1 Å². The highest BCUT2D eigenvalue weighted by atomic mass is 19.4. The van der Waals surface area contributed by atoms with E-state index in [0.29, 0.717) is 22.6 Å². The molecule has 0 fully saturated rings. The number of aromatic nitrogens is 1. The minimum Gasteiger partial charge on any atom is -0.456 e. The maximum absolute atomic E-state index is 13.6. The van der Waals surface area contributed by atoms with Crippen molar-refractivity contribution < 1.29 is 17.6 Å². The predicted molar refractivity (Wildman–Crippen MR) is 139 cm³/mol. The first kappa shape index (κ1) is 22.4. The lowest BCUT2D eigenvalue weighted by molar-refractivity contribution is -0.137. The third-order valence-electron chi connectivity index (χ3n) is 6.72. The molecular weight excluding hydrogens is 459 g/mol. The Bertz CT molecular complexity index is 1760. The highest BCUT2D eigenvalue weighted by Crippen LogP contribution is 2.41. The third-order valence-corrected chi connectivity index (χ3v) is 6.72. The smallest absolute Gasteiger partial charge is 0.417 e. The minimum absolute atomic E-state index is 0.127. The minimum atomic E-state index is -4.44. The van der Waals surface area contributed by atoms with E-state index in [9.17, 15) is 13.2 Å². The lowest BCUT2D eigenvalue weighted by Crippen LogP contribution is -2.06. The van der Waals surface area contributed by atoms with Gasteiger partial charge in [-0.3, -0.25) is 4.98 Å². The highest BCUT2D eigenvalue weighted by molar-refractivity contribution is 6.12. The number of rotatable bonds is 3. The second kappa shape index (κ2) is 8.23. The Hall–Kier alpha value is -4.12. The van der Waals surface area contributed by atoms with Crippen LogP contribution in [0.3, 0.4) is 0 Å². The largest absolute Gasteiger partial charge is 0.456 e. The quantitative estimate of drug-likeness (QED) is 0.251. The van der Waals surface area contributed by atoms with E-state index in [2.05, 4.69) is 38.1 Å². The molecule has 0 atom stereocenters. The molecule has 0 amide bonds. The number of fused-ring (bicyclic) bond motifs is 4. The third kappa shape index (κ3) is 3.63. The molecule has 0 aliphatic carbocycles. The van der Waals surface area contributed by atoms with Gasteiger partial charge in [-0.1, -0.05) is 62.4 Å². The van der Waals surface area contributed by atoms with Crippen LogP contribution in [0.25, 0.3) is 55.1 Å². The molecule has 0 saturated heterocycles. The van der Waals surface area contributed by atoms with Gasteiger partial charge in [0.05, 0.1) is 16.6 Å². The van der Waals surface area contributed by atoms with Crippen LogP contribution < -0.4 is 0 Å². The fourth-order valence-electron chi connectivity index (χ4n) is 5.04.